The van der Waals surface area contributed by atoms with Crippen LogP contribution in [0.2, 0.25) is 0 Å². The number of ether oxygens (including phenoxy) is 1. The third-order valence-corrected chi connectivity index (χ3v) is 3.73. The average molecular weight is 257 g/mol. The van der Waals surface area contributed by atoms with Crippen molar-refractivity contribution >= 4 is 5.97 Å². The van der Waals surface area contributed by atoms with Crippen molar-refractivity contribution in [2.24, 2.45) is 5.92 Å². The van der Waals surface area contributed by atoms with Crippen LogP contribution in [0.25, 0.3) is 0 Å². The maximum absolute atomic E-state index is 11.1. The summed E-state index contributed by atoms with van der Waals surface area (Å²) in [5.74, 6) is -0.158. The zero-order chi connectivity index (χ0) is 13.4. The van der Waals surface area contributed by atoms with Crippen LogP contribution in [0.5, 0.6) is 0 Å². The normalized spacial score (nSPS) is 25.9. The lowest BCUT2D eigenvalue weighted by Gasteiger charge is -2.30. The van der Waals surface area contributed by atoms with E-state index in [2.05, 4.69) is 19.2 Å². The molecule has 1 heterocycles. The van der Waals surface area contributed by atoms with Crippen molar-refractivity contribution < 1.29 is 14.6 Å². The van der Waals surface area contributed by atoms with Gasteiger partial charge in [-0.2, -0.15) is 0 Å². The predicted molar refractivity (Wildman–Crippen MR) is 71.7 cm³/mol. The second-order valence-corrected chi connectivity index (χ2v) is 5.23. The summed E-state index contributed by atoms with van der Waals surface area (Å²) < 4.78 is 5.63. The smallest absolute Gasteiger partial charge is 0.320 e. The maximum Gasteiger partial charge on any atom is 0.320 e. The first kappa shape index (κ1) is 15.4. The summed E-state index contributed by atoms with van der Waals surface area (Å²) in [6.07, 6.45) is 6.26. The molecule has 0 aromatic carbocycles. The van der Waals surface area contributed by atoms with E-state index in [0.29, 0.717) is 12.0 Å². The Bertz CT molecular complexity index is 245. The van der Waals surface area contributed by atoms with Crippen LogP contribution in [-0.2, 0) is 9.53 Å². The van der Waals surface area contributed by atoms with Crippen LogP contribution < -0.4 is 5.32 Å². The van der Waals surface area contributed by atoms with Crippen molar-refractivity contribution in [3.05, 3.63) is 0 Å². The molecule has 0 saturated carbocycles. The topological polar surface area (TPSA) is 58.6 Å². The van der Waals surface area contributed by atoms with Gasteiger partial charge < -0.3 is 15.2 Å². The molecule has 0 bridgehead atoms. The molecule has 1 fully saturated rings. The highest BCUT2D eigenvalue weighted by Gasteiger charge is 2.23. The highest BCUT2D eigenvalue weighted by atomic mass is 16.5. The highest BCUT2D eigenvalue weighted by Crippen LogP contribution is 2.21. The molecular weight excluding hydrogens is 230 g/mol. The van der Waals surface area contributed by atoms with Gasteiger partial charge in [0.2, 0.25) is 0 Å². The number of hydrogen-bond acceptors (Lipinski definition) is 3. The van der Waals surface area contributed by atoms with Crippen molar-refractivity contribution in [1.29, 1.82) is 0 Å². The molecular formula is C14H27NO3. The third-order valence-electron chi connectivity index (χ3n) is 3.73. The van der Waals surface area contributed by atoms with Crippen molar-refractivity contribution in [1.82, 2.24) is 5.32 Å². The van der Waals surface area contributed by atoms with E-state index in [9.17, 15) is 4.79 Å². The average Bonchev–Trinajstić information content (AvgIpc) is 2.38. The summed E-state index contributed by atoms with van der Waals surface area (Å²) >= 11 is 0. The standard InChI is InChI=1S/C14H27NO3/c1-3-5-6-13(14(16)17)15-10-11-7-8-18-12(4-2)9-11/h11-13,15H,3-10H2,1-2H3,(H,16,17). The fourth-order valence-electron chi connectivity index (χ4n) is 2.46. The minimum Gasteiger partial charge on any atom is -0.480 e. The molecule has 1 saturated heterocycles. The molecule has 4 nitrogen and oxygen atoms in total. The van der Waals surface area contributed by atoms with Crippen molar-refractivity contribution in [2.45, 2.75) is 64.5 Å². The zero-order valence-electron chi connectivity index (χ0n) is 11.7. The SMILES string of the molecule is CCCCC(NCC1CCOC(CC)C1)C(=O)O. The summed E-state index contributed by atoms with van der Waals surface area (Å²) in [6.45, 7) is 5.85. The van der Waals surface area contributed by atoms with Gasteiger partial charge >= 0.3 is 5.97 Å². The predicted octanol–water partition coefficient (Wildman–Crippen LogP) is 2.42. The number of carbonyl (C=O) groups is 1. The van der Waals surface area contributed by atoms with Crippen LogP contribution >= 0.6 is 0 Å². The van der Waals surface area contributed by atoms with Gasteiger partial charge in [-0.25, -0.2) is 0 Å². The molecule has 3 unspecified atom stereocenters. The number of nitrogens with one attached hydrogen (secondary N) is 1. The fraction of sp³-hybridized carbons (Fsp3) is 0.929. The number of carboxylic acid groups (broad SMARTS) is 1. The van der Waals surface area contributed by atoms with E-state index in [1.165, 1.54) is 0 Å². The van der Waals surface area contributed by atoms with Crippen LogP contribution in [-0.4, -0.2) is 36.4 Å². The van der Waals surface area contributed by atoms with Gasteiger partial charge in [0.25, 0.3) is 0 Å². The molecule has 0 aromatic rings. The summed E-state index contributed by atoms with van der Waals surface area (Å²) in [4.78, 5) is 11.1. The van der Waals surface area contributed by atoms with Gasteiger partial charge in [0.1, 0.15) is 6.04 Å². The van der Waals surface area contributed by atoms with Crippen molar-refractivity contribution in [2.75, 3.05) is 13.2 Å². The summed E-state index contributed by atoms with van der Waals surface area (Å²) in [6, 6.07) is -0.382. The Morgan fingerprint density at radius 2 is 2.28 bits per heavy atom. The molecule has 0 aromatic heterocycles. The van der Waals surface area contributed by atoms with Gasteiger partial charge in [0.05, 0.1) is 6.10 Å². The van der Waals surface area contributed by atoms with Crippen LogP contribution in [0.1, 0.15) is 52.4 Å². The zero-order valence-corrected chi connectivity index (χ0v) is 11.7. The number of unbranched alkanes of at least 4 members (excludes halogenated alkanes) is 1. The number of rotatable bonds is 8. The Hall–Kier alpha value is -0.610. The van der Waals surface area contributed by atoms with Gasteiger partial charge in [-0.3, -0.25) is 4.79 Å². The first-order valence-electron chi connectivity index (χ1n) is 7.25. The van der Waals surface area contributed by atoms with Gasteiger partial charge in [0, 0.05) is 6.61 Å². The van der Waals surface area contributed by atoms with Gasteiger partial charge in [-0.05, 0) is 38.1 Å². The lowest BCUT2D eigenvalue weighted by molar-refractivity contribution is -0.139. The summed E-state index contributed by atoms with van der Waals surface area (Å²) in [5.41, 5.74) is 0. The van der Waals surface area contributed by atoms with E-state index in [4.69, 9.17) is 9.84 Å². The first-order valence-corrected chi connectivity index (χ1v) is 7.25. The molecule has 0 spiro atoms. The Morgan fingerprint density at radius 1 is 1.50 bits per heavy atom. The Balaban J connectivity index is 2.30. The Labute approximate surface area is 110 Å². The lowest BCUT2D eigenvalue weighted by atomic mass is 9.94. The number of carboxylic acids is 1. The molecule has 3 atom stereocenters. The number of hydrogen-bond donors (Lipinski definition) is 2. The van der Waals surface area contributed by atoms with Gasteiger partial charge in [-0.15, -0.1) is 0 Å². The molecule has 0 radical (unpaired) electrons. The Kier molecular flexibility index (Phi) is 7.28. The van der Waals surface area contributed by atoms with E-state index >= 15 is 0 Å². The largest absolute Gasteiger partial charge is 0.480 e. The Morgan fingerprint density at radius 3 is 2.89 bits per heavy atom. The van der Waals surface area contributed by atoms with E-state index in [0.717, 1.165) is 51.7 Å². The summed E-state index contributed by atoms with van der Waals surface area (Å²) in [7, 11) is 0. The highest BCUT2D eigenvalue weighted by molar-refractivity contribution is 5.73. The monoisotopic (exact) mass is 257 g/mol. The number of aliphatic carboxylic acids is 1. The minimum absolute atomic E-state index is 0.365. The molecule has 1 aliphatic heterocycles. The third kappa shape index (κ3) is 5.36. The van der Waals surface area contributed by atoms with E-state index in [-0.39, 0.29) is 6.04 Å². The fourth-order valence-corrected chi connectivity index (χ4v) is 2.46. The van der Waals surface area contributed by atoms with E-state index in [1.54, 1.807) is 0 Å². The minimum atomic E-state index is -0.720. The van der Waals surface area contributed by atoms with Crippen LogP contribution in [0.3, 0.4) is 0 Å². The molecule has 2 N–H and O–H groups in total. The molecule has 1 aliphatic rings. The van der Waals surface area contributed by atoms with Gasteiger partial charge in [-0.1, -0.05) is 26.7 Å². The second kappa shape index (κ2) is 8.48. The maximum atomic E-state index is 11.1. The van der Waals surface area contributed by atoms with Crippen LogP contribution in [0, 0.1) is 5.92 Å². The molecule has 4 heteroatoms. The quantitative estimate of drug-likeness (QED) is 0.701. The van der Waals surface area contributed by atoms with Crippen molar-refractivity contribution in [3.8, 4) is 0 Å². The molecule has 0 aliphatic carbocycles. The molecule has 18 heavy (non-hydrogen) atoms. The van der Waals surface area contributed by atoms with E-state index in [1.807, 2.05) is 0 Å². The van der Waals surface area contributed by atoms with Crippen LogP contribution in [0.4, 0.5) is 0 Å². The lowest BCUT2D eigenvalue weighted by Crippen LogP contribution is -2.41. The van der Waals surface area contributed by atoms with Crippen molar-refractivity contribution in [3.63, 3.8) is 0 Å². The van der Waals surface area contributed by atoms with Gasteiger partial charge in [0.15, 0.2) is 0 Å². The molecule has 0 amide bonds. The van der Waals surface area contributed by atoms with Crippen LogP contribution in [0.15, 0.2) is 0 Å². The second-order valence-electron chi connectivity index (χ2n) is 5.23. The van der Waals surface area contributed by atoms with E-state index < -0.39 is 5.97 Å². The molecule has 106 valence electrons. The first-order chi connectivity index (χ1) is 8.67. The molecule has 1 rings (SSSR count). The summed E-state index contributed by atoms with van der Waals surface area (Å²) in [5, 5.41) is 12.4.